The molecule has 6 heteroatoms. The van der Waals surface area contributed by atoms with E-state index in [4.69, 9.17) is 0 Å². The van der Waals surface area contributed by atoms with Crippen LogP contribution in [0.1, 0.15) is 12.1 Å². The van der Waals surface area contributed by atoms with Crippen LogP contribution in [0.25, 0.3) is 21.7 Å². The maximum Gasteiger partial charge on any atom is 0.280 e. The number of nitrogens with one attached hydrogen (secondary N) is 2. The van der Waals surface area contributed by atoms with E-state index in [-0.39, 0.29) is 5.69 Å². The molecule has 4 nitrogen and oxygen atoms in total. The summed E-state index contributed by atoms with van der Waals surface area (Å²) in [6.07, 6.45) is -1.19. The van der Waals surface area contributed by atoms with E-state index < -0.39 is 6.43 Å². The Balaban J connectivity index is 1.75. The summed E-state index contributed by atoms with van der Waals surface area (Å²) in [5.74, 6) is 0.697. The summed E-state index contributed by atoms with van der Waals surface area (Å²) in [6, 6.07) is 14.7. The van der Waals surface area contributed by atoms with Crippen LogP contribution < -0.4 is 5.32 Å². The van der Waals surface area contributed by atoms with Crippen LogP contribution in [0.3, 0.4) is 0 Å². The molecule has 0 atom stereocenters. The van der Waals surface area contributed by atoms with Crippen LogP contribution in [0.4, 0.5) is 20.3 Å². The maximum absolute atomic E-state index is 13.0. The molecule has 0 saturated carbocycles. The number of pyridine rings is 1. The van der Waals surface area contributed by atoms with Gasteiger partial charge in [0.15, 0.2) is 5.82 Å². The lowest BCUT2D eigenvalue weighted by molar-refractivity contribution is 0.148. The SMILES string of the molecule is FC(F)c1nccc2cc(Nc3n[nH]c4ccccc34)ccc12. The third-order valence-electron chi connectivity index (χ3n) is 3.74. The van der Waals surface area contributed by atoms with Crippen LogP contribution in [-0.2, 0) is 0 Å². The van der Waals surface area contributed by atoms with Crippen molar-refractivity contribution in [2.75, 3.05) is 5.32 Å². The van der Waals surface area contributed by atoms with Crippen molar-refractivity contribution in [1.82, 2.24) is 15.2 Å². The topological polar surface area (TPSA) is 53.6 Å². The molecule has 2 heterocycles. The first-order valence-corrected chi connectivity index (χ1v) is 7.09. The summed E-state index contributed by atoms with van der Waals surface area (Å²) in [4.78, 5) is 3.76. The standard InChI is InChI=1S/C17H12F2N4/c18-16(19)15-12-6-5-11(9-10(12)7-8-20-15)21-17-13-3-1-2-4-14(13)22-23-17/h1-9,16H,(H2,21,22,23). The number of fused-ring (bicyclic) bond motifs is 2. The Morgan fingerprint density at radius 3 is 2.74 bits per heavy atom. The van der Waals surface area contributed by atoms with Gasteiger partial charge >= 0.3 is 0 Å². The Hall–Kier alpha value is -3.02. The number of benzene rings is 2. The normalized spacial score (nSPS) is 11.4. The third-order valence-corrected chi connectivity index (χ3v) is 3.74. The van der Waals surface area contributed by atoms with Gasteiger partial charge in [-0.3, -0.25) is 10.1 Å². The first-order chi connectivity index (χ1) is 11.2. The minimum absolute atomic E-state index is 0.195. The van der Waals surface area contributed by atoms with Crippen molar-refractivity contribution in [3.63, 3.8) is 0 Å². The van der Waals surface area contributed by atoms with Gasteiger partial charge in [-0.2, -0.15) is 5.10 Å². The zero-order valence-electron chi connectivity index (χ0n) is 11.9. The van der Waals surface area contributed by atoms with Gasteiger partial charge in [0.25, 0.3) is 6.43 Å². The maximum atomic E-state index is 13.0. The van der Waals surface area contributed by atoms with Gasteiger partial charge in [0.1, 0.15) is 5.69 Å². The highest BCUT2D eigenvalue weighted by molar-refractivity contribution is 5.93. The highest BCUT2D eigenvalue weighted by Crippen LogP contribution is 2.29. The van der Waals surface area contributed by atoms with Crippen LogP contribution >= 0.6 is 0 Å². The fraction of sp³-hybridized carbons (Fsp3) is 0.0588. The number of aromatic nitrogens is 3. The van der Waals surface area contributed by atoms with Crippen LogP contribution in [0, 0.1) is 0 Å². The molecule has 0 radical (unpaired) electrons. The third kappa shape index (κ3) is 2.38. The monoisotopic (exact) mass is 310 g/mol. The number of aromatic amines is 1. The lowest BCUT2D eigenvalue weighted by Crippen LogP contribution is -1.94. The quantitative estimate of drug-likeness (QED) is 0.572. The Morgan fingerprint density at radius 1 is 1.00 bits per heavy atom. The smallest absolute Gasteiger partial charge is 0.280 e. The van der Waals surface area contributed by atoms with E-state index in [1.807, 2.05) is 30.3 Å². The minimum atomic E-state index is -2.59. The van der Waals surface area contributed by atoms with Crippen LogP contribution in [0.15, 0.2) is 54.7 Å². The summed E-state index contributed by atoms with van der Waals surface area (Å²) >= 11 is 0. The summed E-state index contributed by atoms with van der Waals surface area (Å²) < 4.78 is 26.0. The van der Waals surface area contributed by atoms with Crippen molar-refractivity contribution >= 4 is 33.2 Å². The van der Waals surface area contributed by atoms with E-state index in [9.17, 15) is 8.78 Å². The van der Waals surface area contributed by atoms with E-state index in [0.717, 1.165) is 16.6 Å². The number of rotatable bonds is 3. The van der Waals surface area contributed by atoms with E-state index in [0.29, 0.717) is 16.6 Å². The van der Waals surface area contributed by atoms with Gasteiger partial charge in [0.2, 0.25) is 0 Å². The van der Waals surface area contributed by atoms with Crippen molar-refractivity contribution in [3.8, 4) is 0 Å². The molecule has 114 valence electrons. The van der Waals surface area contributed by atoms with Crippen molar-refractivity contribution in [2.45, 2.75) is 6.43 Å². The van der Waals surface area contributed by atoms with Crippen molar-refractivity contribution < 1.29 is 8.78 Å². The first kappa shape index (κ1) is 13.6. The average Bonchev–Trinajstić information content (AvgIpc) is 2.97. The van der Waals surface area contributed by atoms with Gasteiger partial charge in [-0.25, -0.2) is 8.78 Å². The molecule has 23 heavy (non-hydrogen) atoms. The number of H-pyrrole nitrogens is 1. The molecule has 0 spiro atoms. The molecule has 0 saturated heterocycles. The van der Waals surface area contributed by atoms with Crippen LogP contribution in [0.2, 0.25) is 0 Å². The minimum Gasteiger partial charge on any atom is -0.338 e. The molecule has 0 aliphatic carbocycles. The lowest BCUT2D eigenvalue weighted by atomic mass is 10.1. The second-order valence-corrected chi connectivity index (χ2v) is 5.18. The molecule has 2 aromatic carbocycles. The molecule has 2 N–H and O–H groups in total. The molecule has 0 bridgehead atoms. The molecule has 0 aliphatic heterocycles. The molecule has 4 aromatic rings. The molecule has 0 fully saturated rings. The molecule has 0 unspecified atom stereocenters. The van der Waals surface area contributed by atoms with Gasteiger partial charge in [-0.05, 0) is 35.7 Å². The van der Waals surface area contributed by atoms with Gasteiger partial charge in [0, 0.05) is 22.7 Å². The average molecular weight is 310 g/mol. The number of halogens is 2. The van der Waals surface area contributed by atoms with E-state index >= 15 is 0 Å². The van der Waals surface area contributed by atoms with E-state index in [1.165, 1.54) is 6.20 Å². The summed E-state index contributed by atoms with van der Waals surface area (Å²) in [5.41, 5.74) is 1.51. The van der Waals surface area contributed by atoms with Gasteiger partial charge in [-0.15, -0.1) is 0 Å². The van der Waals surface area contributed by atoms with E-state index in [2.05, 4.69) is 20.5 Å². The molecular weight excluding hydrogens is 298 g/mol. The molecule has 2 aromatic heterocycles. The first-order valence-electron chi connectivity index (χ1n) is 7.09. The molecule has 4 rings (SSSR count). The van der Waals surface area contributed by atoms with Gasteiger partial charge in [0.05, 0.1) is 5.52 Å². The Bertz CT molecular complexity index is 994. The lowest BCUT2D eigenvalue weighted by Gasteiger charge is -2.08. The highest BCUT2D eigenvalue weighted by atomic mass is 19.3. The van der Waals surface area contributed by atoms with E-state index in [1.54, 1.807) is 18.2 Å². The van der Waals surface area contributed by atoms with Crippen LogP contribution in [0.5, 0.6) is 0 Å². The number of hydrogen-bond acceptors (Lipinski definition) is 3. The molecule has 0 aliphatic rings. The number of hydrogen-bond donors (Lipinski definition) is 2. The number of para-hydroxylation sites is 1. The predicted octanol–water partition coefficient (Wildman–Crippen LogP) is 4.79. The zero-order valence-corrected chi connectivity index (χ0v) is 11.9. The fourth-order valence-corrected chi connectivity index (χ4v) is 2.65. The zero-order chi connectivity index (χ0) is 15.8. The van der Waals surface area contributed by atoms with Crippen LogP contribution in [-0.4, -0.2) is 15.2 Å². The van der Waals surface area contributed by atoms with Crippen molar-refractivity contribution in [2.24, 2.45) is 0 Å². The summed E-state index contributed by atoms with van der Waals surface area (Å²) in [6.45, 7) is 0. The van der Waals surface area contributed by atoms with Crippen molar-refractivity contribution in [3.05, 3.63) is 60.4 Å². The molecule has 0 amide bonds. The largest absolute Gasteiger partial charge is 0.338 e. The Labute approximate surface area is 130 Å². The predicted molar refractivity (Wildman–Crippen MR) is 86.1 cm³/mol. The number of nitrogens with zero attached hydrogens (tertiary/aromatic N) is 2. The van der Waals surface area contributed by atoms with Gasteiger partial charge < -0.3 is 5.32 Å². The van der Waals surface area contributed by atoms with Crippen molar-refractivity contribution in [1.29, 1.82) is 0 Å². The second kappa shape index (κ2) is 5.31. The Kier molecular flexibility index (Phi) is 3.15. The summed E-state index contributed by atoms with van der Waals surface area (Å²) in [5, 5.41) is 12.5. The molecular formula is C17H12F2N4. The fourth-order valence-electron chi connectivity index (χ4n) is 2.65. The van der Waals surface area contributed by atoms with Gasteiger partial charge in [-0.1, -0.05) is 18.2 Å². The summed E-state index contributed by atoms with van der Waals surface area (Å²) in [7, 11) is 0. The number of anilines is 2. The second-order valence-electron chi connectivity index (χ2n) is 5.18. The Morgan fingerprint density at radius 2 is 1.87 bits per heavy atom. The highest BCUT2D eigenvalue weighted by Gasteiger charge is 2.13. The number of alkyl halides is 2.